The van der Waals surface area contributed by atoms with E-state index < -0.39 is 0 Å². The van der Waals surface area contributed by atoms with Crippen molar-refractivity contribution in [3.8, 4) is 0 Å². The summed E-state index contributed by atoms with van der Waals surface area (Å²) in [5.41, 5.74) is 2.87. The number of H-pyrrole nitrogens is 1. The standard InChI is InChI=1S/C25H47N/c1-3-4-5-6-7-8-9-10-11-12-13-14-15-16-17-18-19-20-21-25-22-23-26-24(25)2/h22-23,26H,3-21H2,1-2H3. The van der Waals surface area contributed by atoms with Gasteiger partial charge in [0.05, 0.1) is 0 Å². The zero-order chi connectivity index (χ0) is 18.7. The summed E-state index contributed by atoms with van der Waals surface area (Å²) < 4.78 is 0. The third-order valence-corrected chi connectivity index (χ3v) is 5.87. The number of aromatic nitrogens is 1. The lowest BCUT2D eigenvalue weighted by Crippen LogP contribution is -1.87. The van der Waals surface area contributed by atoms with Crippen LogP contribution < -0.4 is 0 Å². The van der Waals surface area contributed by atoms with Crippen LogP contribution in [0.15, 0.2) is 12.3 Å². The third kappa shape index (κ3) is 13.5. The van der Waals surface area contributed by atoms with Crippen LogP contribution in [0.1, 0.15) is 134 Å². The van der Waals surface area contributed by atoms with Gasteiger partial charge >= 0.3 is 0 Å². The molecule has 0 saturated carbocycles. The first kappa shape index (κ1) is 23.3. The fourth-order valence-electron chi connectivity index (χ4n) is 3.97. The van der Waals surface area contributed by atoms with Crippen LogP contribution in [0, 0.1) is 6.92 Å². The summed E-state index contributed by atoms with van der Waals surface area (Å²) in [7, 11) is 0. The molecule has 0 saturated heterocycles. The average Bonchev–Trinajstić information content (AvgIpc) is 3.05. The summed E-state index contributed by atoms with van der Waals surface area (Å²) in [6, 6.07) is 2.24. The first-order valence-corrected chi connectivity index (χ1v) is 12.0. The van der Waals surface area contributed by atoms with E-state index in [0.717, 1.165) is 0 Å². The van der Waals surface area contributed by atoms with Crippen molar-refractivity contribution in [3.63, 3.8) is 0 Å². The first-order chi connectivity index (χ1) is 12.8. The van der Waals surface area contributed by atoms with E-state index in [2.05, 4.69) is 31.1 Å². The topological polar surface area (TPSA) is 15.8 Å². The number of hydrogen-bond donors (Lipinski definition) is 1. The average molecular weight is 362 g/mol. The highest BCUT2D eigenvalue weighted by Gasteiger charge is 1.99. The maximum Gasteiger partial charge on any atom is 0.0148 e. The first-order valence-electron chi connectivity index (χ1n) is 12.0. The van der Waals surface area contributed by atoms with Gasteiger partial charge in [0.1, 0.15) is 0 Å². The molecule has 1 N–H and O–H groups in total. The van der Waals surface area contributed by atoms with Crippen LogP contribution in [0.4, 0.5) is 0 Å². The Morgan fingerprint density at radius 3 is 1.31 bits per heavy atom. The highest BCUT2D eigenvalue weighted by atomic mass is 14.7. The monoisotopic (exact) mass is 361 g/mol. The molecule has 1 heterocycles. The van der Waals surface area contributed by atoms with Gasteiger partial charge in [-0.1, -0.05) is 116 Å². The zero-order valence-corrected chi connectivity index (χ0v) is 18.1. The van der Waals surface area contributed by atoms with Crippen molar-refractivity contribution in [2.45, 2.75) is 136 Å². The minimum Gasteiger partial charge on any atom is -0.365 e. The molecule has 1 nitrogen and oxygen atoms in total. The molecule has 0 spiro atoms. The Kier molecular flexibility index (Phi) is 15.9. The fraction of sp³-hybridized carbons (Fsp3) is 0.840. The molecule has 26 heavy (non-hydrogen) atoms. The Hall–Kier alpha value is -0.720. The summed E-state index contributed by atoms with van der Waals surface area (Å²) in [5.74, 6) is 0. The number of unbranched alkanes of at least 4 members (excludes halogenated alkanes) is 17. The quantitative estimate of drug-likeness (QED) is 0.237. The van der Waals surface area contributed by atoms with E-state index in [1.165, 1.54) is 133 Å². The molecule has 1 aromatic rings. The molecular formula is C25H47N. The largest absolute Gasteiger partial charge is 0.365 e. The van der Waals surface area contributed by atoms with Gasteiger partial charge in [-0.25, -0.2) is 0 Å². The highest BCUT2D eigenvalue weighted by molar-refractivity contribution is 5.18. The van der Waals surface area contributed by atoms with Crippen molar-refractivity contribution in [2.75, 3.05) is 0 Å². The summed E-state index contributed by atoms with van der Waals surface area (Å²) in [6.45, 7) is 4.48. The van der Waals surface area contributed by atoms with Crippen LogP contribution in [0.5, 0.6) is 0 Å². The van der Waals surface area contributed by atoms with E-state index in [4.69, 9.17) is 0 Å². The molecule has 0 fully saturated rings. The molecule has 0 radical (unpaired) electrons. The lowest BCUT2D eigenvalue weighted by molar-refractivity contribution is 0.525. The van der Waals surface area contributed by atoms with E-state index in [9.17, 15) is 0 Å². The highest BCUT2D eigenvalue weighted by Crippen LogP contribution is 2.15. The number of nitrogens with one attached hydrogen (secondary N) is 1. The maximum atomic E-state index is 3.28. The summed E-state index contributed by atoms with van der Waals surface area (Å²) in [5, 5.41) is 0. The van der Waals surface area contributed by atoms with Crippen molar-refractivity contribution in [2.24, 2.45) is 0 Å². The van der Waals surface area contributed by atoms with Gasteiger partial charge in [-0.2, -0.15) is 0 Å². The minimum atomic E-state index is 1.26. The summed E-state index contributed by atoms with van der Waals surface area (Å²) in [4.78, 5) is 3.28. The van der Waals surface area contributed by atoms with Crippen LogP contribution in [0.25, 0.3) is 0 Å². The number of rotatable bonds is 19. The number of aryl methyl sites for hydroxylation is 2. The van der Waals surface area contributed by atoms with Gasteiger partial charge in [0.15, 0.2) is 0 Å². The zero-order valence-electron chi connectivity index (χ0n) is 18.1. The van der Waals surface area contributed by atoms with Crippen molar-refractivity contribution >= 4 is 0 Å². The Balaban J connectivity index is 1.69. The van der Waals surface area contributed by atoms with Crippen molar-refractivity contribution < 1.29 is 0 Å². The van der Waals surface area contributed by atoms with Crippen molar-refractivity contribution in [1.29, 1.82) is 0 Å². The van der Waals surface area contributed by atoms with E-state index in [-0.39, 0.29) is 0 Å². The molecule has 0 aromatic carbocycles. The molecule has 0 aliphatic carbocycles. The molecule has 1 aromatic heterocycles. The lowest BCUT2D eigenvalue weighted by Gasteiger charge is -2.04. The van der Waals surface area contributed by atoms with Gasteiger partial charge < -0.3 is 4.98 Å². The Morgan fingerprint density at radius 1 is 0.577 bits per heavy atom. The van der Waals surface area contributed by atoms with Gasteiger partial charge in [0.25, 0.3) is 0 Å². The van der Waals surface area contributed by atoms with Gasteiger partial charge in [-0.15, -0.1) is 0 Å². The molecule has 0 amide bonds. The van der Waals surface area contributed by atoms with Gasteiger partial charge in [0.2, 0.25) is 0 Å². The number of hydrogen-bond acceptors (Lipinski definition) is 0. The van der Waals surface area contributed by atoms with Crippen LogP contribution in [0.2, 0.25) is 0 Å². The van der Waals surface area contributed by atoms with Crippen LogP contribution >= 0.6 is 0 Å². The van der Waals surface area contributed by atoms with E-state index in [0.29, 0.717) is 0 Å². The molecule has 152 valence electrons. The lowest BCUT2D eigenvalue weighted by atomic mass is 10.0. The molecule has 1 rings (SSSR count). The van der Waals surface area contributed by atoms with Gasteiger partial charge in [-0.05, 0) is 31.4 Å². The summed E-state index contributed by atoms with van der Waals surface area (Å²) in [6.07, 6.45) is 29.5. The number of aromatic amines is 1. The molecule has 0 aliphatic rings. The second-order valence-electron chi connectivity index (χ2n) is 8.39. The molecule has 1 heteroatoms. The smallest absolute Gasteiger partial charge is 0.0148 e. The van der Waals surface area contributed by atoms with Gasteiger partial charge in [0, 0.05) is 11.9 Å². The van der Waals surface area contributed by atoms with E-state index in [1.807, 2.05) is 0 Å². The molecule has 0 bridgehead atoms. The third-order valence-electron chi connectivity index (χ3n) is 5.87. The fourth-order valence-corrected chi connectivity index (χ4v) is 3.97. The predicted molar refractivity (Wildman–Crippen MR) is 118 cm³/mol. The second kappa shape index (κ2) is 17.7. The second-order valence-corrected chi connectivity index (χ2v) is 8.39. The minimum absolute atomic E-state index is 1.26. The van der Waals surface area contributed by atoms with Crippen LogP contribution in [-0.4, -0.2) is 4.98 Å². The Bertz CT molecular complexity index is 393. The van der Waals surface area contributed by atoms with Crippen LogP contribution in [0.3, 0.4) is 0 Å². The molecular weight excluding hydrogens is 314 g/mol. The SMILES string of the molecule is CCCCCCCCCCCCCCCCCCCCc1cc[nH]c1C. The van der Waals surface area contributed by atoms with E-state index in [1.54, 1.807) is 0 Å². The maximum absolute atomic E-state index is 3.28. The van der Waals surface area contributed by atoms with Gasteiger partial charge in [-0.3, -0.25) is 0 Å². The van der Waals surface area contributed by atoms with E-state index >= 15 is 0 Å². The summed E-state index contributed by atoms with van der Waals surface area (Å²) >= 11 is 0. The molecule has 0 aliphatic heterocycles. The molecule has 0 atom stereocenters. The van der Waals surface area contributed by atoms with Crippen LogP contribution in [-0.2, 0) is 6.42 Å². The molecule has 0 unspecified atom stereocenters. The Labute approximate surface area is 164 Å². The Morgan fingerprint density at radius 2 is 0.962 bits per heavy atom. The van der Waals surface area contributed by atoms with Crippen molar-refractivity contribution in [3.05, 3.63) is 23.5 Å². The van der Waals surface area contributed by atoms with Crippen molar-refractivity contribution in [1.82, 2.24) is 4.98 Å². The normalized spacial score (nSPS) is 11.3. The predicted octanol–water partition coefficient (Wildman–Crippen LogP) is 8.91.